The van der Waals surface area contributed by atoms with Gasteiger partial charge in [-0.25, -0.2) is 4.98 Å². The van der Waals surface area contributed by atoms with Crippen molar-refractivity contribution in [3.05, 3.63) is 59.0 Å². The second-order valence-electron chi connectivity index (χ2n) is 5.50. The van der Waals surface area contributed by atoms with Crippen molar-refractivity contribution in [2.45, 2.75) is 26.7 Å². The van der Waals surface area contributed by atoms with Gasteiger partial charge in [-0.05, 0) is 40.9 Å². The second-order valence-corrected chi connectivity index (χ2v) is 6.36. The predicted molar refractivity (Wildman–Crippen MR) is 97.9 cm³/mol. The summed E-state index contributed by atoms with van der Waals surface area (Å²) in [6.07, 6.45) is 7.12. The number of amides is 1. The summed E-state index contributed by atoms with van der Waals surface area (Å²) < 4.78 is 2.79. The molecule has 0 aromatic carbocycles. The summed E-state index contributed by atoms with van der Waals surface area (Å²) in [4.78, 5) is 19.5. The summed E-state index contributed by atoms with van der Waals surface area (Å²) in [5.74, 6) is -0.0433. The van der Waals surface area contributed by atoms with E-state index >= 15 is 0 Å². The van der Waals surface area contributed by atoms with Crippen LogP contribution in [0, 0.1) is 6.92 Å². The van der Waals surface area contributed by atoms with Crippen LogP contribution in [0.2, 0.25) is 0 Å². The molecule has 0 saturated carbocycles. The van der Waals surface area contributed by atoms with Gasteiger partial charge in [-0.1, -0.05) is 25.5 Å². The molecule has 0 unspecified atom stereocenters. The van der Waals surface area contributed by atoms with E-state index in [-0.39, 0.29) is 5.91 Å². The summed E-state index contributed by atoms with van der Waals surface area (Å²) in [5, 5.41) is 0. The lowest BCUT2D eigenvalue weighted by Crippen LogP contribution is -2.32. The highest BCUT2D eigenvalue weighted by atomic mass is 79.9. The Labute approximate surface area is 145 Å². The minimum atomic E-state index is -0.0433. The lowest BCUT2D eigenvalue weighted by atomic mass is 10.2. The predicted octanol–water partition coefficient (Wildman–Crippen LogP) is 4.17. The van der Waals surface area contributed by atoms with Crippen molar-refractivity contribution in [1.29, 1.82) is 0 Å². The van der Waals surface area contributed by atoms with Crippen LogP contribution in [0.15, 0.2) is 42.0 Å². The maximum atomic E-state index is 13.1. The molecule has 0 aliphatic carbocycles. The molecule has 2 aromatic rings. The quantitative estimate of drug-likeness (QED) is 0.680. The third kappa shape index (κ3) is 3.55. The van der Waals surface area contributed by atoms with Crippen LogP contribution in [-0.2, 0) is 6.42 Å². The summed E-state index contributed by atoms with van der Waals surface area (Å²) in [7, 11) is 0. The molecular formula is C18H22BrN3O. The summed E-state index contributed by atoms with van der Waals surface area (Å²) >= 11 is 3.55. The van der Waals surface area contributed by atoms with Crippen molar-refractivity contribution >= 4 is 27.5 Å². The van der Waals surface area contributed by atoms with Gasteiger partial charge in [0.05, 0.1) is 10.2 Å². The highest BCUT2D eigenvalue weighted by molar-refractivity contribution is 9.10. The first-order valence-electron chi connectivity index (χ1n) is 7.71. The standard InChI is InChI=1S/C18H22BrN3O/c1-5-8-15-16(18(23)21(9-6-2)10-7-3)22-12-13(4)11-14(19)17(22)20-15/h6-7,11-12H,2-3,5,8-10H2,1,4H3. The van der Waals surface area contributed by atoms with Gasteiger partial charge >= 0.3 is 0 Å². The van der Waals surface area contributed by atoms with Crippen molar-refractivity contribution < 1.29 is 4.79 Å². The van der Waals surface area contributed by atoms with Gasteiger partial charge in [0.2, 0.25) is 0 Å². The number of fused-ring (bicyclic) bond motifs is 1. The molecule has 23 heavy (non-hydrogen) atoms. The minimum Gasteiger partial charge on any atom is -0.330 e. The van der Waals surface area contributed by atoms with Crippen LogP contribution in [0.4, 0.5) is 0 Å². The molecule has 0 bridgehead atoms. The fourth-order valence-electron chi connectivity index (χ4n) is 2.62. The van der Waals surface area contributed by atoms with E-state index in [9.17, 15) is 4.79 Å². The molecule has 0 N–H and O–H groups in total. The Bertz CT molecular complexity index is 738. The lowest BCUT2D eigenvalue weighted by Gasteiger charge is -2.19. The molecule has 5 heteroatoms. The molecule has 2 heterocycles. The molecule has 4 nitrogen and oxygen atoms in total. The van der Waals surface area contributed by atoms with Crippen LogP contribution in [0.1, 0.15) is 35.1 Å². The van der Waals surface area contributed by atoms with E-state index in [1.165, 1.54) is 0 Å². The molecule has 0 atom stereocenters. The topological polar surface area (TPSA) is 37.6 Å². The Balaban J connectivity index is 2.64. The van der Waals surface area contributed by atoms with Gasteiger partial charge in [-0.15, -0.1) is 13.2 Å². The van der Waals surface area contributed by atoms with Crippen LogP contribution in [0.25, 0.3) is 5.65 Å². The first kappa shape index (κ1) is 17.5. The van der Waals surface area contributed by atoms with Crippen LogP contribution >= 0.6 is 15.9 Å². The van der Waals surface area contributed by atoms with E-state index in [1.807, 2.05) is 23.6 Å². The number of hydrogen-bond acceptors (Lipinski definition) is 2. The van der Waals surface area contributed by atoms with E-state index in [1.54, 1.807) is 17.1 Å². The van der Waals surface area contributed by atoms with E-state index in [0.717, 1.165) is 34.2 Å². The average Bonchev–Trinajstić information content (AvgIpc) is 2.85. The molecule has 0 aliphatic heterocycles. The van der Waals surface area contributed by atoms with Crippen molar-refractivity contribution in [3.63, 3.8) is 0 Å². The smallest absolute Gasteiger partial charge is 0.273 e. The third-order valence-corrected chi connectivity index (χ3v) is 4.14. The van der Waals surface area contributed by atoms with Crippen LogP contribution in [-0.4, -0.2) is 33.3 Å². The van der Waals surface area contributed by atoms with Crippen molar-refractivity contribution in [3.8, 4) is 0 Å². The molecule has 0 aliphatic rings. The summed E-state index contributed by atoms with van der Waals surface area (Å²) in [6.45, 7) is 12.5. The Morgan fingerprint density at radius 2 is 2.04 bits per heavy atom. The number of aryl methyl sites for hydroxylation is 2. The number of carbonyl (C=O) groups is 1. The zero-order chi connectivity index (χ0) is 17.0. The largest absolute Gasteiger partial charge is 0.330 e. The molecule has 122 valence electrons. The van der Waals surface area contributed by atoms with Crippen molar-refractivity contribution in [1.82, 2.24) is 14.3 Å². The average molecular weight is 376 g/mol. The molecule has 0 fully saturated rings. The Hall–Kier alpha value is -1.88. The normalized spacial score (nSPS) is 10.7. The Morgan fingerprint density at radius 3 is 2.61 bits per heavy atom. The lowest BCUT2D eigenvalue weighted by molar-refractivity contribution is 0.0783. The van der Waals surface area contributed by atoms with Crippen LogP contribution in [0.5, 0.6) is 0 Å². The molecule has 0 radical (unpaired) electrons. The van der Waals surface area contributed by atoms with Gasteiger partial charge in [0.15, 0.2) is 5.65 Å². The van der Waals surface area contributed by atoms with Gasteiger partial charge in [0, 0.05) is 19.3 Å². The van der Waals surface area contributed by atoms with Crippen molar-refractivity contribution in [2.75, 3.05) is 13.1 Å². The molecule has 0 saturated heterocycles. The first-order valence-corrected chi connectivity index (χ1v) is 8.50. The SMILES string of the molecule is C=CCN(CC=C)C(=O)c1c(CCC)nc2c(Br)cc(C)cn12. The number of imidazole rings is 1. The number of hydrogen-bond donors (Lipinski definition) is 0. The second kappa shape index (κ2) is 7.59. The van der Waals surface area contributed by atoms with Gasteiger partial charge in [0.1, 0.15) is 5.69 Å². The van der Waals surface area contributed by atoms with E-state index in [2.05, 4.69) is 41.0 Å². The molecule has 0 spiro atoms. The van der Waals surface area contributed by atoms with Gasteiger partial charge in [-0.3, -0.25) is 9.20 Å². The number of halogens is 1. The fraction of sp³-hybridized carbons (Fsp3) is 0.333. The number of aromatic nitrogens is 2. The third-order valence-electron chi connectivity index (χ3n) is 3.56. The number of nitrogens with zero attached hydrogens (tertiary/aromatic N) is 3. The van der Waals surface area contributed by atoms with E-state index in [0.29, 0.717) is 18.8 Å². The Morgan fingerprint density at radius 1 is 1.39 bits per heavy atom. The molecule has 2 aromatic heterocycles. The van der Waals surface area contributed by atoms with Crippen LogP contribution < -0.4 is 0 Å². The number of pyridine rings is 1. The highest BCUT2D eigenvalue weighted by Crippen LogP contribution is 2.24. The maximum Gasteiger partial charge on any atom is 0.273 e. The van der Waals surface area contributed by atoms with E-state index in [4.69, 9.17) is 0 Å². The van der Waals surface area contributed by atoms with Gasteiger partial charge in [-0.2, -0.15) is 0 Å². The molecular weight excluding hydrogens is 354 g/mol. The monoisotopic (exact) mass is 375 g/mol. The first-order chi connectivity index (χ1) is 11.0. The molecule has 1 amide bonds. The van der Waals surface area contributed by atoms with Gasteiger partial charge < -0.3 is 4.90 Å². The number of rotatable bonds is 7. The summed E-state index contributed by atoms with van der Waals surface area (Å²) in [6, 6.07) is 2.01. The highest BCUT2D eigenvalue weighted by Gasteiger charge is 2.23. The number of carbonyl (C=O) groups excluding carboxylic acids is 1. The minimum absolute atomic E-state index is 0.0433. The van der Waals surface area contributed by atoms with Crippen molar-refractivity contribution in [2.24, 2.45) is 0 Å². The van der Waals surface area contributed by atoms with Crippen LogP contribution in [0.3, 0.4) is 0 Å². The molecule has 2 rings (SSSR count). The maximum absolute atomic E-state index is 13.1. The zero-order valence-electron chi connectivity index (χ0n) is 13.7. The van der Waals surface area contributed by atoms with Gasteiger partial charge in [0.25, 0.3) is 5.91 Å². The Kier molecular flexibility index (Phi) is 5.77. The zero-order valence-corrected chi connectivity index (χ0v) is 15.3. The fourth-order valence-corrected chi connectivity index (χ4v) is 3.26. The summed E-state index contributed by atoms with van der Waals surface area (Å²) in [5.41, 5.74) is 3.31. The van der Waals surface area contributed by atoms with E-state index < -0.39 is 0 Å².